The highest BCUT2D eigenvalue weighted by molar-refractivity contribution is 6.03. The summed E-state index contributed by atoms with van der Waals surface area (Å²) in [6.45, 7) is 12.8. The van der Waals surface area contributed by atoms with Gasteiger partial charge in [-0.3, -0.25) is 19.4 Å². The number of piperazine rings is 1. The number of allylic oxidation sites excluding steroid dienone is 1. The lowest BCUT2D eigenvalue weighted by molar-refractivity contribution is -0.126. The van der Waals surface area contributed by atoms with Crippen molar-refractivity contribution in [1.82, 2.24) is 25.0 Å². The number of para-hydroxylation sites is 1. The van der Waals surface area contributed by atoms with Crippen molar-refractivity contribution < 1.29 is 32.6 Å². The Hall–Kier alpha value is -5.18. The Morgan fingerprint density at radius 2 is 1.84 bits per heavy atom. The summed E-state index contributed by atoms with van der Waals surface area (Å²) in [6, 6.07) is 17.8. The van der Waals surface area contributed by atoms with Crippen LogP contribution in [0.15, 0.2) is 66.9 Å². The summed E-state index contributed by atoms with van der Waals surface area (Å²) < 4.78 is 47.5. The Kier molecular flexibility index (Phi) is 10.2. The van der Waals surface area contributed by atoms with Gasteiger partial charge >= 0.3 is 0 Å². The summed E-state index contributed by atoms with van der Waals surface area (Å²) in [4.78, 5) is 41.0. The number of hydrogen-bond donors (Lipinski definition) is 2. The monoisotopic (exact) mass is 861 g/mol. The van der Waals surface area contributed by atoms with Crippen LogP contribution in [0.25, 0.3) is 10.9 Å². The van der Waals surface area contributed by atoms with Crippen molar-refractivity contribution in [2.75, 3.05) is 75.9 Å². The number of halogens is 2. The topological polar surface area (TPSA) is 106 Å². The first-order valence-corrected chi connectivity index (χ1v) is 22.8. The van der Waals surface area contributed by atoms with Crippen LogP contribution in [0.1, 0.15) is 77.8 Å². The van der Waals surface area contributed by atoms with E-state index in [1.165, 1.54) is 5.56 Å². The molecule has 4 saturated heterocycles. The fourth-order valence-electron chi connectivity index (χ4n) is 12.1. The van der Waals surface area contributed by atoms with E-state index in [9.17, 15) is 18.4 Å². The summed E-state index contributed by atoms with van der Waals surface area (Å²) in [5, 5.41) is 3.98. The summed E-state index contributed by atoms with van der Waals surface area (Å²) in [5.74, 6) is 1.69. The maximum absolute atomic E-state index is 14.1. The van der Waals surface area contributed by atoms with E-state index in [4.69, 9.17) is 14.2 Å². The van der Waals surface area contributed by atoms with E-state index in [2.05, 4.69) is 68.8 Å². The summed E-state index contributed by atoms with van der Waals surface area (Å²) in [5.41, 5.74) is 8.32. The molecule has 7 aliphatic heterocycles. The van der Waals surface area contributed by atoms with E-state index in [0.29, 0.717) is 55.3 Å². The van der Waals surface area contributed by atoms with Crippen molar-refractivity contribution in [2.45, 2.75) is 88.2 Å². The number of alkyl halides is 2. The first-order chi connectivity index (χ1) is 30.6. The summed E-state index contributed by atoms with van der Waals surface area (Å²) in [6.07, 6.45) is 2.43. The highest BCUT2D eigenvalue weighted by Gasteiger charge is 2.46. The van der Waals surface area contributed by atoms with Crippen molar-refractivity contribution in [1.29, 1.82) is 0 Å². The molecule has 7 aliphatic rings. The van der Waals surface area contributed by atoms with Crippen LogP contribution in [0.5, 0.6) is 11.5 Å². The highest BCUT2D eigenvalue weighted by Crippen LogP contribution is 2.47. The second-order valence-electron chi connectivity index (χ2n) is 19.0. The number of ether oxygens (including phenoxy) is 3. The summed E-state index contributed by atoms with van der Waals surface area (Å²) >= 11 is 0. The maximum atomic E-state index is 14.1. The lowest BCUT2D eigenvalue weighted by Gasteiger charge is -2.46. The van der Waals surface area contributed by atoms with Crippen molar-refractivity contribution >= 4 is 34.1 Å². The van der Waals surface area contributed by atoms with Gasteiger partial charge in [-0.15, -0.1) is 0 Å². The molecule has 0 aliphatic carbocycles. The highest BCUT2D eigenvalue weighted by atomic mass is 19.3. The first-order valence-electron chi connectivity index (χ1n) is 22.8. The van der Waals surface area contributed by atoms with Crippen LogP contribution in [0.2, 0.25) is 0 Å². The molecule has 5 atom stereocenters. The quantitative estimate of drug-likeness (QED) is 0.206. The van der Waals surface area contributed by atoms with Crippen molar-refractivity contribution in [3.63, 3.8) is 0 Å². The largest absolute Gasteiger partial charge is 0.496 e. The number of anilines is 2. The van der Waals surface area contributed by atoms with Crippen LogP contribution in [-0.4, -0.2) is 128 Å². The van der Waals surface area contributed by atoms with Gasteiger partial charge < -0.3 is 39.2 Å². The number of fused-ring (bicyclic) bond motifs is 8. The molecule has 0 saturated carbocycles. The van der Waals surface area contributed by atoms with Crippen LogP contribution in [-0.2, 0) is 22.5 Å². The second kappa shape index (κ2) is 15.8. The van der Waals surface area contributed by atoms with Gasteiger partial charge in [0.15, 0.2) is 0 Å². The fraction of sp³-hybridized carbons (Fsp3) is 0.510. The number of piperidine rings is 2. The molecule has 0 bridgehead atoms. The third kappa shape index (κ3) is 7.03. The number of nitrogens with zero attached hydrogens (tertiary/aromatic N) is 5. The third-order valence-corrected chi connectivity index (χ3v) is 15.3. The number of methoxy groups -OCH3 is 1. The summed E-state index contributed by atoms with van der Waals surface area (Å²) in [7, 11) is 1.68. The van der Waals surface area contributed by atoms with E-state index in [0.717, 1.165) is 110 Å². The normalized spacial score (nSPS) is 27.1. The SMILES string of the molecule is C=C1CCC(N2Cc3c(ccc4c3OC[C@H]3CN(CC5COC6(CCN(c7ccc(C8c9[nH]c%10ccccc%10c9C[C@@H](C)N8CC(F)F)c(OC)c7)CC6)C5)CCN43)C2=O)C(=O)N1. The number of hydrogen-bond acceptors (Lipinski definition) is 9. The minimum Gasteiger partial charge on any atom is -0.496 e. The maximum Gasteiger partial charge on any atom is 0.255 e. The van der Waals surface area contributed by atoms with Gasteiger partial charge in [0.1, 0.15) is 24.1 Å². The van der Waals surface area contributed by atoms with Gasteiger partial charge in [0.2, 0.25) is 5.91 Å². The predicted molar refractivity (Wildman–Crippen MR) is 237 cm³/mol. The Morgan fingerprint density at radius 1 is 1.00 bits per heavy atom. The molecule has 2 amide bonds. The van der Waals surface area contributed by atoms with Crippen molar-refractivity contribution in [2.24, 2.45) is 5.92 Å². The molecular weight excluding hydrogens is 805 g/mol. The molecule has 1 spiro atoms. The predicted octanol–water partition coefficient (Wildman–Crippen LogP) is 6.48. The van der Waals surface area contributed by atoms with E-state index in [-0.39, 0.29) is 42.1 Å². The molecule has 4 fully saturated rings. The van der Waals surface area contributed by atoms with E-state index < -0.39 is 12.5 Å². The molecule has 3 aromatic carbocycles. The van der Waals surface area contributed by atoms with Crippen LogP contribution >= 0.6 is 0 Å². The zero-order valence-corrected chi connectivity index (χ0v) is 36.2. The fourth-order valence-corrected chi connectivity index (χ4v) is 12.1. The van der Waals surface area contributed by atoms with E-state index in [1.807, 2.05) is 29.2 Å². The number of carbonyl (C=O) groups excluding carboxylic acids is 2. The molecule has 8 heterocycles. The molecular formula is C49H57F2N7O5. The molecule has 0 radical (unpaired) electrons. The van der Waals surface area contributed by atoms with Gasteiger partial charge in [-0.1, -0.05) is 30.8 Å². The Balaban J connectivity index is 0.721. The lowest BCUT2D eigenvalue weighted by Crippen LogP contribution is -2.58. The molecule has 12 nitrogen and oxygen atoms in total. The van der Waals surface area contributed by atoms with Crippen molar-refractivity contribution in [3.05, 3.63) is 94.8 Å². The zero-order chi connectivity index (χ0) is 43.1. The third-order valence-electron chi connectivity index (χ3n) is 15.3. The van der Waals surface area contributed by atoms with Crippen LogP contribution < -0.4 is 24.6 Å². The molecule has 14 heteroatoms. The number of H-pyrrole nitrogens is 1. The zero-order valence-electron chi connectivity index (χ0n) is 36.2. The van der Waals surface area contributed by atoms with Crippen LogP contribution in [0.4, 0.5) is 20.2 Å². The van der Waals surface area contributed by atoms with Gasteiger partial charge in [-0.25, -0.2) is 8.78 Å². The Labute approximate surface area is 367 Å². The van der Waals surface area contributed by atoms with Crippen LogP contribution in [0, 0.1) is 5.92 Å². The average molecular weight is 862 g/mol. The van der Waals surface area contributed by atoms with Crippen LogP contribution in [0.3, 0.4) is 0 Å². The Bertz CT molecular complexity index is 2470. The second-order valence-corrected chi connectivity index (χ2v) is 19.0. The molecule has 332 valence electrons. The molecule has 1 aromatic heterocycles. The van der Waals surface area contributed by atoms with Crippen molar-refractivity contribution in [3.8, 4) is 11.5 Å². The number of aromatic amines is 1. The number of nitrogens with one attached hydrogen (secondary N) is 2. The molecule has 2 N–H and O–H groups in total. The van der Waals surface area contributed by atoms with Gasteiger partial charge in [-0.05, 0) is 81.2 Å². The number of carbonyl (C=O) groups is 2. The minimum absolute atomic E-state index is 0.0688. The minimum atomic E-state index is -2.45. The number of benzene rings is 3. The number of rotatable bonds is 8. The molecule has 11 rings (SSSR count). The smallest absolute Gasteiger partial charge is 0.255 e. The van der Waals surface area contributed by atoms with Gasteiger partial charge in [0.25, 0.3) is 12.3 Å². The van der Waals surface area contributed by atoms with Gasteiger partial charge in [-0.2, -0.15) is 0 Å². The van der Waals surface area contributed by atoms with E-state index in [1.54, 1.807) is 12.0 Å². The number of aromatic nitrogens is 1. The van der Waals surface area contributed by atoms with Gasteiger partial charge in [0, 0.05) is 96.0 Å². The molecule has 3 unspecified atom stereocenters. The molecule has 63 heavy (non-hydrogen) atoms. The molecule has 4 aromatic rings. The average Bonchev–Trinajstić information content (AvgIpc) is 3.96. The van der Waals surface area contributed by atoms with E-state index >= 15 is 0 Å². The number of amides is 2. The standard InChI is InChI=1S/C49H57F2N7O5/c1-29-8-12-41(47(59)52-29)58-25-38-35(48(58)60)11-13-40-46(38)62-28-33-24-54(18-19-56(33)40)23-31-22-49(63-27-31)14-16-55(17-15-49)32-9-10-36(42(21-32)61-3)45-44-37(20-30(2)57(45)26-43(50)51)34-6-4-5-7-39(34)53-44/h4-7,9-11,13,21,30-31,33,41,43,45,53H,1,8,12,14-20,22-28H2,2-3H3,(H,52,59)/t30-,31?,33-,41?,45?/m1/s1. The Morgan fingerprint density at radius 3 is 2.65 bits per heavy atom. The van der Waals surface area contributed by atoms with Gasteiger partial charge in [0.05, 0.1) is 50.2 Å². The lowest BCUT2D eigenvalue weighted by atomic mass is 9.84. The first kappa shape index (κ1) is 40.6.